The Bertz CT molecular complexity index is 1430. The van der Waals surface area contributed by atoms with Crippen LogP contribution in [0.1, 0.15) is 32.1 Å². The van der Waals surface area contributed by atoms with Gasteiger partial charge in [0.2, 0.25) is 0 Å². The van der Waals surface area contributed by atoms with Crippen molar-refractivity contribution in [2.75, 3.05) is 0 Å². The summed E-state index contributed by atoms with van der Waals surface area (Å²) >= 11 is 0. The number of aryl methyl sites for hydroxylation is 4. The van der Waals surface area contributed by atoms with Crippen LogP contribution in [0.2, 0.25) is 0 Å². The number of nitrogens with zero attached hydrogens (tertiary/aromatic N) is 4. The first kappa shape index (κ1) is 47.1. The normalized spacial score (nSPS) is 14.0. The summed E-state index contributed by atoms with van der Waals surface area (Å²) in [6, 6.07) is 17.5. The third kappa shape index (κ3) is 28.5. The Labute approximate surface area is 310 Å². The van der Waals surface area contributed by atoms with Gasteiger partial charge in [-0.3, -0.25) is 0 Å². The zero-order valence-electron chi connectivity index (χ0n) is 26.2. The Morgan fingerprint density at radius 3 is 0.776 bits per heavy atom. The molecule has 0 aliphatic carbocycles. The van der Waals surface area contributed by atoms with E-state index in [1.165, 1.54) is 54.4 Å². The largest absolute Gasteiger partial charge is 1.00 e. The SMILES string of the molecule is C[n+]1ccc(-c2cc[n+](CCCCCCC[n+]3ccc(-c4cc[n+](C)cc4)cc3)cc2)cc1.F[P-](F)(F)(F)(F)F.F[P-](F)(F)(F)(F)F.[I-].[I-]. The molecule has 0 aliphatic rings. The third-order valence-electron chi connectivity index (χ3n) is 6.24. The Balaban J connectivity index is 0.00000122. The summed E-state index contributed by atoms with van der Waals surface area (Å²) in [7, 11) is -17.2. The molecule has 4 nitrogen and oxygen atoms in total. The first-order chi connectivity index (χ1) is 21.1. The second-order valence-corrected chi connectivity index (χ2v) is 14.7. The van der Waals surface area contributed by atoms with E-state index in [0.29, 0.717) is 0 Å². The Morgan fingerprint density at radius 2 is 0.551 bits per heavy atom. The van der Waals surface area contributed by atoms with E-state index in [2.05, 4.69) is 116 Å². The molecule has 4 aromatic heterocycles. The van der Waals surface area contributed by atoms with Crippen molar-refractivity contribution in [2.45, 2.75) is 45.2 Å². The molecule has 0 radical (unpaired) electrons. The molecule has 280 valence electrons. The van der Waals surface area contributed by atoms with Crippen molar-refractivity contribution in [1.82, 2.24) is 0 Å². The predicted octanol–water partition coefficient (Wildman–Crippen LogP) is 4.67. The van der Waals surface area contributed by atoms with Crippen LogP contribution in [0.15, 0.2) is 98.1 Å². The number of pyridine rings is 4. The van der Waals surface area contributed by atoms with Gasteiger partial charge < -0.3 is 48.0 Å². The minimum atomic E-state index is -10.7. The number of hydrogen-bond acceptors (Lipinski definition) is 0. The molecule has 0 fully saturated rings. The molecular weight excluding hydrogens is 948 g/mol. The van der Waals surface area contributed by atoms with E-state index in [4.69, 9.17) is 0 Å². The van der Waals surface area contributed by atoms with Crippen molar-refractivity contribution in [3.8, 4) is 22.3 Å². The zero-order chi connectivity index (χ0) is 35.7. The molecule has 0 saturated heterocycles. The molecule has 0 N–H and O–H groups in total. The van der Waals surface area contributed by atoms with Crippen molar-refractivity contribution < 1.29 is 117 Å². The Morgan fingerprint density at radius 1 is 0.367 bits per heavy atom. The summed E-state index contributed by atoms with van der Waals surface area (Å²) in [6.45, 7) is 2.19. The second-order valence-electron chi connectivity index (χ2n) is 10.8. The Kier molecular flexibility index (Phi) is 16.0. The molecule has 0 bridgehead atoms. The summed E-state index contributed by atoms with van der Waals surface area (Å²) in [5, 5.41) is 0. The van der Waals surface area contributed by atoms with E-state index in [-0.39, 0.29) is 48.0 Å². The van der Waals surface area contributed by atoms with Gasteiger partial charge in [-0.25, -0.2) is 18.3 Å². The molecule has 0 aromatic carbocycles. The molecular formula is C29H36F12I2N4P2. The van der Waals surface area contributed by atoms with Crippen LogP contribution in [-0.4, -0.2) is 0 Å². The average molecular weight is 984 g/mol. The smallest absolute Gasteiger partial charge is 1.00 e. The molecule has 4 rings (SSSR count). The van der Waals surface area contributed by atoms with Crippen LogP contribution < -0.4 is 66.2 Å². The van der Waals surface area contributed by atoms with E-state index >= 15 is 0 Å². The molecule has 0 amide bonds. The van der Waals surface area contributed by atoms with Gasteiger partial charge in [-0.1, -0.05) is 6.42 Å². The van der Waals surface area contributed by atoms with Crippen molar-refractivity contribution in [3.05, 3.63) is 98.1 Å². The number of aromatic nitrogens is 4. The third-order valence-corrected chi connectivity index (χ3v) is 6.24. The van der Waals surface area contributed by atoms with E-state index < -0.39 is 15.6 Å². The number of rotatable bonds is 10. The van der Waals surface area contributed by atoms with Gasteiger partial charge in [0.1, 0.15) is 27.2 Å². The van der Waals surface area contributed by atoms with Gasteiger partial charge in [0.25, 0.3) is 0 Å². The quantitative estimate of drug-likeness (QED) is 0.0724. The van der Waals surface area contributed by atoms with Crippen LogP contribution in [0, 0.1) is 0 Å². The van der Waals surface area contributed by atoms with Gasteiger partial charge in [0, 0.05) is 61.4 Å². The number of hydrogen-bond donors (Lipinski definition) is 0. The van der Waals surface area contributed by atoms with Crippen molar-refractivity contribution in [2.24, 2.45) is 14.1 Å². The molecule has 0 aliphatic heterocycles. The van der Waals surface area contributed by atoms with Gasteiger partial charge in [-0.15, -0.1) is 0 Å². The van der Waals surface area contributed by atoms with E-state index in [9.17, 15) is 50.4 Å². The van der Waals surface area contributed by atoms with Crippen LogP contribution in [0.3, 0.4) is 0 Å². The fraction of sp³-hybridized carbons (Fsp3) is 0.310. The molecule has 0 saturated carbocycles. The summed E-state index contributed by atoms with van der Waals surface area (Å²) < 4.78 is 127. The molecule has 4 heterocycles. The van der Waals surface area contributed by atoms with Gasteiger partial charge in [0.15, 0.2) is 49.6 Å². The fourth-order valence-electron chi connectivity index (χ4n) is 4.10. The standard InChI is InChI=1S/C29H36N4.2F6P.2HI/c1-30-18-8-26(9-19-30)28-12-22-32(23-13-28)16-6-4-3-5-7-17-33-24-14-29(15-25-33)27-10-20-31(2)21-11-27;2*1-7(2,3,4,5)6;;/h8-15,18-25H,3-7,16-17H2,1-2H3;;;2*1H/q+4;2*-1;;/p-2. The van der Waals surface area contributed by atoms with Crippen LogP contribution in [0.25, 0.3) is 22.3 Å². The minimum absolute atomic E-state index is 0. The van der Waals surface area contributed by atoms with Crippen molar-refractivity contribution >= 4 is 15.6 Å². The predicted molar refractivity (Wildman–Crippen MR) is 157 cm³/mol. The van der Waals surface area contributed by atoms with Crippen molar-refractivity contribution in [3.63, 3.8) is 0 Å². The maximum Gasteiger partial charge on any atom is -1.00 e. The summed E-state index contributed by atoms with van der Waals surface area (Å²) in [5.74, 6) is 0. The maximum atomic E-state index is 9.87. The minimum Gasteiger partial charge on any atom is -1.00 e. The van der Waals surface area contributed by atoms with E-state index in [0.717, 1.165) is 13.1 Å². The second kappa shape index (κ2) is 16.6. The van der Waals surface area contributed by atoms with E-state index in [1.54, 1.807) is 0 Å². The Hall–Kier alpha value is -1.92. The van der Waals surface area contributed by atoms with Gasteiger partial charge >= 0.3 is 66.0 Å². The van der Waals surface area contributed by atoms with E-state index in [1.807, 2.05) is 14.1 Å². The van der Waals surface area contributed by atoms with Crippen molar-refractivity contribution in [1.29, 1.82) is 0 Å². The molecule has 0 unspecified atom stereocenters. The van der Waals surface area contributed by atoms with Gasteiger partial charge in [0.05, 0.1) is 0 Å². The zero-order valence-corrected chi connectivity index (χ0v) is 32.3. The molecule has 0 spiro atoms. The first-order valence-corrected chi connectivity index (χ1v) is 18.2. The summed E-state index contributed by atoms with van der Waals surface area (Å²) in [5.41, 5.74) is 5.08. The summed E-state index contributed by atoms with van der Waals surface area (Å²) in [4.78, 5) is 0. The topological polar surface area (TPSA) is 15.5 Å². The monoisotopic (exact) mass is 984 g/mol. The number of unbranched alkanes of at least 4 members (excludes halogenated alkanes) is 4. The molecule has 20 heteroatoms. The van der Waals surface area contributed by atoms with Crippen LogP contribution >= 0.6 is 15.6 Å². The van der Waals surface area contributed by atoms with Crippen LogP contribution in [0.5, 0.6) is 0 Å². The summed E-state index contributed by atoms with van der Waals surface area (Å²) in [6.07, 6.45) is 23.6. The average Bonchev–Trinajstić information content (AvgIpc) is 2.91. The van der Waals surface area contributed by atoms with Gasteiger partial charge in [-0.2, -0.15) is 0 Å². The fourth-order valence-corrected chi connectivity index (χ4v) is 4.10. The number of halogens is 14. The van der Waals surface area contributed by atoms with Crippen LogP contribution in [-0.2, 0) is 27.2 Å². The molecule has 49 heavy (non-hydrogen) atoms. The maximum absolute atomic E-state index is 10.7. The molecule has 0 atom stereocenters. The molecule has 4 aromatic rings. The van der Waals surface area contributed by atoms with Gasteiger partial charge in [-0.05, 0) is 35.1 Å². The van der Waals surface area contributed by atoms with Crippen LogP contribution in [0.4, 0.5) is 50.4 Å². The first-order valence-electron chi connectivity index (χ1n) is 14.1.